The fourth-order valence-electron chi connectivity index (χ4n) is 4.02. The zero-order chi connectivity index (χ0) is 22.0. The molecule has 2 atom stereocenters. The lowest BCUT2D eigenvalue weighted by Gasteiger charge is -2.33. The van der Waals surface area contributed by atoms with Gasteiger partial charge in [-0.1, -0.05) is 11.6 Å². The molecule has 0 spiro atoms. The molecule has 1 amide bonds. The number of carbonyl (C=O) groups excluding carboxylic acids is 1. The quantitative estimate of drug-likeness (QED) is 0.691. The number of nitrogens with one attached hydrogen (secondary N) is 1. The monoisotopic (exact) mass is 436 g/mol. The molecule has 1 aromatic carbocycles. The average Bonchev–Trinajstić information content (AvgIpc) is 3.24. The van der Waals surface area contributed by atoms with Gasteiger partial charge in [0.25, 0.3) is 5.91 Å². The highest BCUT2D eigenvalue weighted by atomic mass is 35.5. The van der Waals surface area contributed by atoms with Crippen molar-refractivity contribution >= 4 is 23.2 Å². The standard InChI is InChI=1S/C21H29ClN4O4/c1-6-26(18-10-30-11-19(18)27)17-8-14(22)7-15(12(17)2)20(28)23-9-16-13(3)24-25(4)21(16)29-5/h7-8,18-19,27H,6,9-11H2,1-5H3,(H,23,28)/t18-,19-/m0/s1. The van der Waals surface area contributed by atoms with Crippen LogP contribution in [0.3, 0.4) is 0 Å². The van der Waals surface area contributed by atoms with E-state index in [-0.39, 0.29) is 18.5 Å². The number of halogens is 1. The van der Waals surface area contributed by atoms with Gasteiger partial charge in [-0.25, -0.2) is 4.68 Å². The number of nitrogens with zero attached hydrogens (tertiary/aromatic N) is 3. The largest absolute Gasteiger partial charge is 0.481 e. The molecule has 3 rings (SSSR count). The van der Waals surface area contributed by atoms with Gasteiger partial charge in [0.05, 0.1) is 50.3 Å². The van der Waals surface area contributed by atoms with Gasteiger partial charge in [0.15, 0.2) is 0 Å². The molecule has 1 fully saturated rings. The van der Waals surface area contributed by atoms with Gasteiger partial charge >= 0.3 is 0 Å². The molecular formula is C21H29ClN4O4. The van der Waals surface area contributed by atoms with Crippen molar-refractivity contribution in [3.05, 3.63) is 39.5 Å². The van der Waals surface area contributed by atoms with E-state index >= 15 is 0 Å². The van der Waals surface area contributed by atoms with E-state index in [9.17, 15) is 9.90 Å². The van der Waals surface area contributed by atoms with Gasteiger partial charge in [-0.15, -0.1) is 0 Å². The second-order valence-electron chi connectivity index (χ2n) is 7.44. The summed E-state index contributed by atoms with van der Waals surface area (Å²) in [6, 6.07) is 3.32. The first kappa shape index (κ1) is 22.4. The number of aromatic nitrogens is 2. The van der Waals surface area contributed by atoms with Crippen LogP contribution in [-0.4, -0.2) is 59.8 Å². The van der Waals surface area contributed by atoms with Crippen LogP contribution in [0.5, 0.6) is 5.88 Å². The Kier molecular flexibility index (Phi) is 6.90. The molecule has 2 N–H and O–H groups in total. The highest BCUT2D eigenvalue weighted by molar-refractivity contribution is 6.31. The topological polar surface area (TPSA) is 88.9 Å². The molecule has 1 saturated heterocycles. The van der Waals surface area contributed by atoms with Gasteiger partial charge in [0, 0.05) is 29.9 Å². The number of benzene rings is 1. The second kappa shape index (κ2) is 9.24. The molecular weight excluding hydrogens is 408 g/mol. The van der Waals surface area contributed by atoms with Gasteiger partial charge in [0.1, 0.15) is 0 Å². The van der Waals surface area contributed by atoms with Crippen molar-refractivity contribution in [2.75, 3.05) is 31.8 Å². The molecule has 2 aromatic rings. The number of aryl methyl sites for hydroxylation is 2. The van der Waals surface area contributed by atoms with Crippen LogP contribution < -0.4 is 15.0 Å². The van der Waals surface area contributed by atoms with Crippen molar-refractivity contribution in [2.24, 2.45) is 7.05 Å². The maximum Gasteiger partial charge on any atom is 0.251 e. The lowest BCUT2D eigenvalue weighted by Crippen LogP contribution is -2.43. The molecule has 2 heterocycles. The van der Waals surface area contributed by atoms with Crippen LogP contribution in [-0.2, 0) is 18.3 Å². The van der Waals surface area contributed by atoms with E-state index in [1.807, 2.05) is 31.7 Å². The van der Waals surface area contributed by atoms with E-state index < -0.39 is 6.10 Å². The molecule has 1 aliphatic rings. The zero-order valence-corrected chi connectivity index (χ0v) is 18.8. The summed E-state index contributed by atoms with van der Waals surface area (Å²) in [4.78, 5) is 15.1. The number of hydrogen-bond donors (Lipinski definition) is 2. The lowest BCUT2D eigenvalue weighted by molar-refractivity contribution is 0.0950. The van der Waals surface area contributed by atoms with Crippen molar-refractivity contribution in [3.63, 3.8) is 0 Å². The Morgan fingerprint density at radius 1 is 1.43 bits per heavy atom. The van der Waals surface area contributed by atoms with Crippen LogP contribution in [0, 0.1) is 13.8 Å². The van der Waals surface area contributed by atoms with Crippen LogP contribution >= 0.6 is 11.6 Å². The van der Waals surface area contributed by atoms with Crippen molar-refractivity contribution in [1.82, 2.24) is 15.1 Å². The number of amides is 1. The second-order valence-corrected chi connectivity index (χ2v) is 7.87. The maximum atomic E-state index is 13.0. The van der Waals surface area contributed by atoms with Gasteiger partial charge in [-0.05, 0) is 38.5 Å². The fourth-order valence-corrected chi connectivity index (χ4v) is 4.23. The number of anilines is 1. The van der Waals surface area contributed by atoms with Gasteiger partial charge in [-0.3, -0.25) is 4.79 Å². The number of methoxy groups -OCH3 is 1. The van der Waals surface area contributed by atoms with Gasteiger partial charge < -0.3 is 24.8 Å². The van der Waals surface area contributed by atoms with Crippen molar-refractivity contribution in [3.8, 4) is 5.88 Å². The van der Waals surface area contributed by atoms with Crippen molar-refractivity contribution < 1.29 is 19.4 Å². The number of aliphatic hydroxyl groups excluding tert-OH is 1. The normalized spacial score (nSPS) is 18.5. The molecule has 0 aliphatic carbocycles. The molecule has 0 unspecified atom stereocenters. The Hall–Kier alpha value is -2.29. The highest BCUT2D eigenvalue weighted by Gasteiger charge is 2.32. The number of carbonyl (C=O) groups is 1. The first-order chi connectivity index (χ1) is 14.3. The Bertz CT molecular complexity index is 930. The number of rotatable bonds is 7. The summed E-state index contributed by atoms with van der Waals surface area (Å²) in [6.45, 7) is 7.45. The SMILES string of the molecule is CCN(c1cc(Cl)cc(C(=O)NCc2c(C)nn(C)c2OC)c1C)[C@H]1COC[C@@H]1O. The lowest BCUT2D eigenvalue weighted by atomic mass is 10.0. The van der Waals surface area contributed by atoms with Gasteiger partial charge in [0.2, 0.25) is 5.88 Å². The first-order valence-corrected chi connectivity index (χ1v) is 10.3. The first-order valence-electron chi connectivity index (χ1n) is 9.95. The van der Waals surface area contributed by atoms with E-state index in [0.29, 0.717) is 36.2 Å². The molecule has 1 aromatic heterocycles. The maximum absolute atomic E-state index is 13.0. The summed E-state index contributed by atoms with van der Waals surface area (Å²) in [5.41, 5.74) is 3.73. The van der Waals surface area contributed by atoms with E-state index in [4.69, 9.17) is 21.1 Å². The third kappa shape index (κ3) is 4.26. The molecule has 164 valence electrons. The number of ether oxygens (including phenoxy) is 2. The minimum Gasteiger partial charge on any atom is -0.481 e. The summed E-state index contributed by atoms with van der Waals surface area (Å²) >= 11 is 6.37. The highest BCUT2D eigenvalue weighted by Crippen LogP contribution is 2.31. The third-order valence-electron chi connectivity index (χ3n) is 5.57. The Morgan fingerprint density at radius 3 is 2.77 bits per heavy atom. The van der Waals surface area contributed by atoms with Crippen LogP contribution in [0.25, 0.3) is 0 Å². The Balaban J connectivity index is 1.86. The molecule has 0 bridgehead atoms. The van der Waals surface area contributed by atoms with E-state index in [1.165, 1.54) is 0 Å². The molecule has 1 aliphatic heterocycles. The minimum atomic E-state index is -0.582. The molecule has 8 nitrogen and oxygen atoms in total. The van der Waals surface area contributed by atoms with Gasteiger partial charge in [-0.2, -0.15) is 5.10 Å². The third-order valence-corrected chi connectivity index (χ3v) is 5.79. The predicted molar refractivity (Wildman–Crippen MR) is 115 cm³/mol. The van der Waals surface area contributed by atoms with E-state index in [0.717, 1.165) is 22.5 Å². The summed E-state index contributed by atoms with van der Waals surface area (Å²) < 4.78 is 12.5. The van der Waals surface area contributed by atoms with Crippen molar-refractivity contribution in [1.29, 1.82) is 0 Å². The number of aliphatic hydroxyl groups is 1. The zero-order valence-electron chi connectivity index (χ0n) is 18.0. The Morgan fingerprint density at radius 2 is 2.17 bits per heavy atom. The number of likely N-dealkylation sites (N-methyl/N-ethyl adjacent to an activating group) is 1. The van der Waals surface area contributed by atoms with E-state index in [2.05, 4.69) is 10.4 Å². The summed E-state index contributed by atoms with van der Waals surface area (Å²) in [5.74, 6) is 0.379. The van der Waals surface area contributed by atoms with Crippen molar-refractivity contribution in [2.45, 2.75) is 39.5 Å². The summed E-state index contributed by atoms with van der Waals surface area (Å²) in [7, 11) is 3.38. The van der Waals surface area contributed by atoms with E-state index in [1.54, 1.807) is 24.9 Å². The molecule has 9 heteroatoms. The van der Waals surface area contributed by atoms with Crippen LogP contribution in [0.1, 0.15) is 34.1 Å². The van der Waals surface area contributed by atoms with Crippen LogP contribution in [0.2, 0.25) is 5.02 Å². The predicted octanol–water partition coefficient (Wildman–Crippen LogP) is 2.21. The minimum absolute atomic E-state index is 0.176. The van der Waals surface area contributed by atoms with Crippen LogP contribution in [0.15, 0.2) is 12.1 Å². The fraction of sp³-hybridized carbons (Fsp3) is 0.524. The molecule has 0 saturated carbocycles. The summed E-state index contributed by atoms with van der Waals surface area (Å²) in [5, 5.41) is 18.0. The smallest absolute Gasteiger partial charge is 0.251 e. The molecule has 0 radical (unpaired) electrons. The van der Waals surface area contributed by atoms with Crippen LogP contribution in [0.4, 0.5) is 5.69 Å². The average molecular weight is 437 g/mol. The summed E-state index contributed by atoms with van der Waals surface area (Å²) in [6.07, 6.45) is -0.582. The molecule has 30 heavy (non-hydrogen) atoms. The number of hydrogen-bond acceptors (Lipinski definition) is 6. The Labute approximate surface area is 181 Å².